The number of hydrogen-bond acceptors (Lipinski definition) is 1. The Hall–Kier alpha value is -0.830. The van der Waals surface area contributed by atoms with E-state index in [0.717, 1.165) is 35.3 Å². The summed E-state index contributed by atoms with van der Waals surface area (Å²) in [6.07, 6.45) is 3.17. The van der Waals surface area contributed by atoms with Gasteiger partial charge in [-0.25, -0.2) is 0 Å². The number of rotatable bonds is 7. The fraction of sp³-hybridized carbons (Fsp3) is 0.333. The summed E-state index contributed by atoms with van der Waals surface area (Å²) in [6, 6.07) is 17.2. The zero-order valence-electron chi connectivity index (χ0n) is 12.3. The second-order valence-corrected chi connectivity index (χ2v) is 6.54. The first-order valence-corrected chi connectivity index (χ1v) is 8.57. The molecule has 2 aromatic carbocycles. The maximum atomic E-state index is 6.33. The average molecular weight is 367 g/mol. The van der Waals surface area contributed by atoms with Gasteiger partial charge in [-0.05, 0) is 49.1 Å². The minimum Gasteiger partial charge on any atom is -0.314 e. The Morgan fingerprint density at radius 2 is 1.90 bits per heavy atom. The van der Waals surface area contributed by atoms with E-state index >= 15 is 0 Å². The fourth-order valence-corrected chi connectivity index (χ4v) is 3.25. The molecule has 0 saturated carbocycles. The van der Waals surface area contributed by atoms with E-state index in [2.05, 4.69) is 70.6 Å². The largest absolute Gasteiger partial charge is 0.314 e. The van der Waals surface area contributed by atoms with Crippen LogP contribution in [0.15, 0.2) is 53.0 Å². The van der Waals surface area contributed by atoms with Crippen LogP contribution in [0.1, 0.15) is 24.5 Å². The minimum atomic E-state index is 0.453. The van der Waals surface area contributed by atoms with Crippen molar-refractivity contribution in [2.75, 3.05) is 6.54 Å². The van der Waals surface area contributed by atoms with Crippen LogP contribution in [0.4, 0.5) is 0 Å². The number of halogens is 2. The SMILES string of the molecule is CCNC(CCc1ccccc1)Cc1ccc(Br)cc1Cl. The summed E-state index contributed by atoms with van der Waals surface area (Å²) < 4.78 is 1.03. The van der Waals surface area contributed by atoms with Gasteiger partial charge in [-0.3, -0.25) is 0 Å². The molecule has 0 spiro atoms. The standard InChI is InChI=1S/C18H21BrClN/c1-2-21-17(11-8-14-6-4-3-5-7-14)12-15-9-10-16(19)13-18(15)20/h3-7,9-10,13,17,21H,2,8,11-12H2,1H3. The van der Waals surface area contributed by atoms with Crippen LogP contribution in [0.5, 0.6) is 0 Å². The maximum absolute atomic E-state index is 6.33. The monoisotopic (exact) mass is 365 g/mol. The van der Waals surface area contributed by atoms with Crippen molar-refractivity contribution in [1.82, 2.24) is 5.32 Å². The molecule has 1 N–H and O–H groups in total. The highest BCUT2D eigenvalue weighted by molar-refractivity contribution is 9.10. The molecular formula is C18H21BrClN. The number of benzene rings is 2. The minimum absolute atomic E-state index is 0.453. The van der Waals surface area contributed by atoms with Gasteiger partial charge < -0.3 is 5.32 Å². The number of aryl methyl sites for hydroxylation is 1. The molecular weight excluding hydrogens is 346 g/mol. The molecule has 1 atom stereocenters. The average Bonchev–Trinajstić information content (AvgIpc) is 2.49. The van der Waals surface area contributed by atoms with Crippen LogP contribution in [-0.4, -0.2) is 12.6 Å². The molecule has 0 amide bonds. The summed E-state index contributed by atoms with van der Waals surface area (Å²) in [5.74, 6) is 0. The van der Waals surface area contributed by atoms with Crippen molar-refractivity contribution in [3.05, 3.63) is 69.2 Å². The van der Waals surface area contributed by atoms with Crippen molar-refractivity contribution in [1.29, 1.82) is 0 Å². The van der Waals surface area contributed by atoms with Crippen molar-refractivity contribution < 1.29 is 0 Å². The normalized spacial score (nSPS) is 12.3. The molecule has 112 valence electrons. The smallest absolute Gasteiger partial charge is 0.0449 e. The van der Waals surface area contributed by atoms with Crippen molar-refractivity contribution in [2.24, 2.45) is 0 Å². The molecule has 2 aromatic rings. The van der Waals surface area contributed by atoms with Gasteiger partial charge in [0.15, 0.2) is 0 Å². The van der Waals surface area contributed by atoms with Gasteiger partial charge >= 0.3 is 0 Å². The van der Waals surface area contributed by atoms with Crippen LogP contribution in [0.3, 0.4) is 0 Å². The molecule has 0 radical (unpaired) electrons. The number of nitrogens with one attached hydrogen (secondary N) is 1. The molecule has 0 aliphatic heterocycles. The molecule has 0 heterocycles. The lowest BCUT2D eigenvalue weighted by atomic mass is 9.99. The van der Waals surface area contributed by atoms with E-state index in [1.54, 1.807) is 0 Å². The molecule has 1 unspecified atom stereocenters. The van der Waals surface area contributed by atoms with Crippen LogP contribution in [0, 0.1) is 0 Å². The van der Waals surface area contributed by atoms with Crippen molar-refractivity contribution >= 4 is 27.5 Å². The molecule has 0 aliphatic carbocycles. The van der Waals surface area contributed by atoms with E-state index in [-0.39, 0.29) is 0 Å². The summed E-state index contributed by atoms with van der Waals surface area (Å²) in [6.45, 7) is 3.13. The Bertz CT molecular complexity index is 556. The molecule has 0 saturated heterocycles. The first-order chi connectivity index (χ1) is 10.2. The Balaban J connectivity index is 1.98. The van der Waals surface area contributed by atoms with E-state index in [9.17, 15) is 0 Å². The quantitative estimate of drug-likeness (QED) is 0.705. The first-order valence-electron chi connectivity index (χ1n) is 7.40. The van der Waals surface area contributed by atoms with Crippen LogP contribution in [0.2, 0.25) is 5.02 Å². The Morgan fingerprint density at radius 3 is 2.57 bits per heavy atom. The van der Waals surface area contributed by atoms with E-state index in [1.165, 1.54) is 11.1 Å². The van der Waals surface area contributed by atoms with E-state index < -0.39 is 0 Å². The van der Waals surface area contributed by atoms with Gasteiger partial charge in [0, 0.05) is 15.5 Å². The zero-order chi connectivity index (χ0) is 15.1. The van der Waals surface area contributed by atoms with Crippen LogP contribution in [-0.2, 0) is 12.8 Å². The van der Waals surface area contributed by atoms with Gasteiger partial charge in [0.05, 0.1) is 0 Å². The lowest BCUT2D eigenvalue weighted by Crippen LogP contribution is -2.31. The third-order valence-corrected chi connectivity index (χ3v) is 4.44. The van der Waals surface area contributed by atoms with Gasteiger partial charge in [0.2, 0.25) is 0 Å². The fourth-order valence-electron chi connectivity index (χ4n) is 2.50. The topological polar surface area (TPSA) is 12.0 Å². The van der Waals surface area contributed by atoms with Crippen LogP contribution in [0.25, 0.3) is 0 Å². The molecule has 21 heavy (non-hydrogen) atoms. The lowest BCUT2D eigenvalue weighted by molar-refractivity contribution is 0.491. The second kappa shape index (κ2) is 8.57. The predicted molar refractivity (Wildman–Crippen MR) is 95.1 cm³/mol. The summed E-state index contributed by atoms with van der Waals surface area (Å²) in [7, 11) is 0. The van der Waals surface area contributed by atoms with Crippen LogP contribution >= 0.6 is 27.5 Å². The highest BCUT2D eigenvalue weighted by Crippen LogP contribution is 2.23. The van der Waals surface area contributed by atoms with Gasteiger partial charge in [-0.2, -0.15) is 0 Å². The molecule has 0 aromatic heterocycles. The summed E-state index contributed by atoms with van der Waals surface area (Å²) >= 11 is 9.79. The summed E-state index contributed by atoms with van der Waals surface area (Å²) in [4.78, 5) is 0. The Morgan fingerprint density at radius 1 is 1.14 bits per heavy atom. The lowest BCUT2D eigenvalue weighted by Gasteiger charge is -2.19. The summed E-state index contributed by atoms with van der Waals surface area (Å²) in [5, 5.41) is 4.41. The van der Waals surface area contributed by atoms with Gasteiger partial charge in [-0.1, -0.05) is 70.9 Å². The van der Waals surface area contributed by atoms with E-state index in [0.29, 0.717) is 6.04 Å². The number of hydrogen-bond donors (Lipinski definition) is 1. The van der Waals surface area contributed by atoms with Crippen LogP contribution < -0.4 is 5.32 Å². The van der Waals surface area contributed by atoms with E-state index in [4.69, 9.17) is 11.6 Å². The van der Waals surface area contributed by atoms with Crippen molar-refractivity contribution in [3.8, 4) is 0 Å². The molecule has 0 aliphatic rings. The molecule has 3 heteroatoms. The third kappa shape index (κ3) is 5.46. The molecule has 0 bridgehead atoms. The predicted octanol–water partition coefficient (Wildman–Crippen LogP) is 5.26. The maximum Gasteiger partial charge on any atom is 0.0449 e. The zero-order valence-corrected chi connectivity index (χ0v) is 14.6. The van der Waals surface area contributed by atoms with Gasteiger partial charge in [0.1, 0.15) is 0 Å². The van der Waals surface area contributed by atoms with E-state index in [1.807, 2.05) is 6.07 Å². The van der Waals surface area contributed by atoms with Crippen molar-refractivity contribution in [3.63, 3.8) is 0 Å². The highest BCUT2D eigenvalue weighted by Gasteiger charge is 2.11. The Labute approximate surface area is 140 Å². The number of likely N-dealkylation sites (N-methyl/N-ethyl adjacent to an activating group) is 1. The van der Waals surface area contributed by atoms with Gasteiger partial charge in [0.25, 0.3) is 0 Å². The third-order valence-electron chi connectivity index (χ3n) is 3.60. The highest BCUT2D eigenvalue weighted by atomic mass is 79.9. The van der Waals surface area contributed by atoms with Crippen molar-refractivity contribution in [2.45, 2.75) is 32.2 Å². The summed E-state index contributed by atoms with van der Waals surface area (Å²) in [5.41, 5.74) is 2.60. The Kier molecular flexibility index (Phi) is 6.75. The van der Waals surface area contributed by atoms with Gasteiger partial charge in [-0.15, -0.1) is 0 Å². The second-order valence-electron chi connectivity index (χ2n) is 5.22. The molecule has 2 rings (SSSR count). The molecule has 0 fully saturated rings. The first kappa shape index (κ1) is 16.5. The molecule has 1 nitrogen and oxygen atoms in total.